The van der Waals surface area contributed by atoms with Crippen LogP contribution in [0.3, 0.4) is 0 Å². The Morgan fingerprint density at radius 1 is 1.79 bits per heavy atom. The van der Waals surface area contributed by atoms with Crippen molar-refractivity contribution in [2.24, 2.45) is 11.7 Å². The highest BCUT2D eigenvalue weighted by atomic mass is 16.3. The van der Waals surface area contributed by atoms with Gasteiger partial charge in [0, 0.05) is 13.0 Å². The average Bonchev–Trinajstić information content (AvgIpc) is 2.59. The quantitative estimate of drug-likeness (QED) is 0.720. The van der Waals surface area contributed by atoms with Gasteiger partial charge in [-0.3, -0.25) is 0 Å². The van der Waals surface area contributed by atoms with Gasteiger partial charge in [0.2, 0.25) is 0 Å². The van der Waals surface area contributed by atoms with E-state index in [0.29, 0.717) is 5.92 Å². The van der Waals surface area contributed by atoms with Crippen LogP contribution in [0.5, 0.6) is 0 Å². The van der Waals surface area contributed by atoms with Crippen LogP contribution in [0.15, 0.2) is 6.20 Å². The van der Waals surface area contributed by atoms with Gasteiger partial charge < -0.3 is 15.4 Å². The Bertz CT molecular complexity index is 321. The molecule has 2 rings (SSSR count). The molecule has 4 nitrogen and oxygen atoms in total. The van der Waals surface area contributed by atoms with Crippen molar-refractivity contribution in [3.05, 3.63) is 17.7 Å². The summed E-state index contributed by atoms with van der Waals surface area (Å²) >= 11 is 0. The molecule has 2 atom stereocenters. The smallest absolute Gasteiger partial charge is 0.109 e. The van der Waals surface area contributed by atoms with E-state index in [9.17, 15) is 0 Å². The van der Waals surface area contributed by atoms with Crippen molar-refractivity contribution in [2.45, 2.75) is 32.4 Å². The van der Waals surface area contributed by atoms with E-state index in [0.717, 1.165) is 24.5 Å². The summed E-state index contributed by atoms with van der Waals surface area (Å²) in [7, 11) is 0. The summed E-state index contributed by atoms with van der Waals surface area (Å²) in [6, 6.07) is -0.287. The van der Waals surface area contributed by atoms with Crippen LogP contribution in [0.4, 0.5) is 0 Å². The topological polar surface area (TPSA) is 64.1 Å². The number of fused-ring (bicyclic) bond motifs is 1. The van der Waals surface area contributed by atoms with Crippen molar-refractivity contribution >= 4 is 0 Å². The first-order valence-corrected chi connectivity index (χ1v) is 5.13. The molecule has 4 heteroatoms. The molecular formula is C10H17N3O. The summed E-state index contributed by atoms with van der Waals surface area (Å²) < 4.78 is 2.15. The molecule has 0 amide bonds. The molecule has 1 aliphatic heterocycles. The lowest BCUT2D eigenvalue weighted by atomic mass is 10.00. The summed E-state index contributed by atoms with van der Waals surface area (Å²) in [4.78, 5) is 4.35. The molecule has 1 aromatic rings. The van der Waals surface area contributed by atoms with Crippen molar-refractivity contribution in [2.75, 3.05) is 6.61 Å². The van der Waals surface area contributed by atoms with Gasteiger partial charge in [0.15, 0.2) is 0 Å². The normalized spacial score (nSPS) is 23.2. The molecule has 0 aromatic carbocycles. The molecule has 0 radical (unpaired) electrons. The van der Waals surface area contributed by atoms with Gasteiger partial charge in [-0.2, -0.15) is 0 Å². The minimum atomic E-state index is -0.287. The Balaban J connectivity index is 2.28. The number of imidazole rings is 1. The van der Waals surface area contributed by atoms with E-state index in [1.54, 1.807) is 6.20 Å². The molecule has 78 valence electrons. The summed E-state index contributed by atoms with van der Waals surface area (Å²) in [5.74, 6) is 1.82. The Hall–Kier alpha value is -0.870. The zero-order chi connectivity index (χ0) is 10.1. The molecule has 2 unspecified atom stereocenters. The van der Waals surface area contributed by atoms with Crippen molar-refractivity contribution in [1.82, 2.24) is 9.55 Å². The molecule has 2 heterocycles. The molecule has 14 heavy (non-hydrogen) atoms. The summed E-state index contributed by atoms with van der Waals surface area (Å²) in [6.45, 7) is 3.21. The highest BCUT2D eigenvalue weighted by Crippen LogP contribution is 2.22. The third-order valence-corrected chi connectivity index (χ3v) is 2.92. The average molecular weight is 195 g/mol. The minimum Gasteiger partial charge on any atom is -0.394 e. The second kappa shape index (κ2) is 3.71. The molecule has 3 N–H and O–H groups in total. The summed E-state index contributed by atoms with van der Waals surface area (Å²) in [5, 5.41) is 8.99. The summed E-state index contributed by atoms with van der Waals surface area (Å²) in [5.41, 5.74) is 6.75. The number of aliphatic hydroxyl groups is 1. The maximum Gasteiger partial charge on any atom is 0.109 e. The van der Waals surface area contributed by atoms with Crippen LogP contribution < -0.4 is 5.73 Å². The molecule has 0 fully saturated rings. The van der Waals surface area contributed by atoms with E-state index in [1.165, 1.54) is 6.42 Å². The Labute approximate surface area is 83.8 Å². The highest BCUT2D eigenvalue weighted by molar-refractivity contribution is 5.12. The third kappa shape index (κ3) is 1.55. The van der Waals surface area contributed by atoms with Gasteiger partial charge in [0.25, 0.3) is 0 Å². The van der Waals surface area contributed by atoms with Gasteiger partial charge in [0.05, 0.1) is 24.5 Å². The van der Waals surface area contributed by atoms with E-state index in [1.807, 2.05) is 0 Å². The first kappa shape index (κ1) is 9.68. The second-order valence-corrected chi connectivity index (χ2v) is 4.14. The second-order valence-electron chi connectivity index (χ2n) is 4.14. The van der Waals surface area contributed by atoms with E-state index in [4.69, 9.17) is 10.8 Å². The number of nitrogens with two attached hydrogens (primary N) is 1. The Morgan fingerprint density at radius 2 is 2.57 bits per heavy atom. The van der Waals surface area contributed by atoms with Crippen molar-refractivity contribution in [3.8, 4) is 0 Å². The lowest BCUT2D eigenvalue weighted by molar-refractivity contribution is 0.260. The van der Waals surface area contributed by atoms with Gasteiger partial charge >= 0.3 is 0 Å². The van der Waals surface area contributed by atoms with Crippen molar-refractivity contribution in [3.63, 3.8) is 0 Å². The standard InChI is InChI=1S/C10H17N3O/c1-7-2-3-13-9(8(11)6-14)5-12-10(13)4-7/h5,7-8,14H,2-4,6,11H2,1H3. The predicted molar refractivity (Wildman–Crippen MR) is 53.7 cm³/mol. The van der Waals surface area contributed by atoms with E-state index in [2.05, 4.69) is 16.5 Å². The number of aliphatic hydroxyl groups excluding tert-OH is 1. The number of nitrogens with zero attached hydrogens (tertiary/aromatic N) is 2. The molecule has 0 saturated carbocycles. The maximum atomic E-state index is 8.99. The molecule has 1 aromatic heterocycles. The fourth-order valence-corrected chi connectivity index (χ4v) is 2.00. The maximum absolute atomic E-state index is 8.99. The minimum absolute atomic E-state index is 0.0132. The van der Waals surface area contributed by atoms with Crippen LogP contribution in [-0.2, 0) is 13.0 Å². The van der Waals surface area contributed by atoms with Gasteiger partial charge in [-0.25, -0.2) is 4.98 Å². The lowest BCUT2D eigenvalue weighted by Gasteiger charge is -2.22. The van der Waals surface area contributed by atoms with Crippen molar-refractivity contribution < 1.29 is 5.11 Å². The lowest BCUT2D eigenvalue weighted by Crippen LogP contribution is -2.24. The van der Waals surface area contributed by atoms with Gasteiger partial charge in [-0.05, 0) is 12.3 Å². The summed E-state index contributed by atoms with van der Waals surface area (Å²) in [6.07, 6.45) is 4.00. The van der Waals surface area contributed by atoms with E-state index < -0.39 is 0 Å². The molecule has 0 saturated heterocycles. The molecule has 1 aliphatic rings. The number of hydrogen-bond acceptors (Lipinski definition) is 3. The largest absolute Gasteiger partial charge is 0.394 e. The van der Waals surface area contributed by atoms with Crippen LogP contribution >= 0.6 is 0 Å². The van der Waals surface area contributed by atoms with E-state index >= 15 is 0 Å². The molecule has 0 spiro atoms. The Morgan fingerprint density at radius 3 is 3.29 bits per heavy atom. The zero-order valence-electron chi connectivity index (χ0n) is 8.48. The highest BCUT2D eigenvalue weighted by Gasteiger charge is 2.20. The van der Waals surface area contributed by atoms with Crippen molar-refractivity contribution in [1.29, 1.82) is 0 Å². The van der Waals surface area contributed by atoms with Gasteiger partial charge in [-0.15, -0.1) is 0 Å². The number of hydrogen-bond donors (Lipinski definition) is 2. The van der Waals surface area contributed by atoms with Crippen LogP contribution in [0.25, 0.3) is 0 Å². The van der Waals surface area contributed by atoms with Gasteiger partial charge in [0.1, 0.15) is 5.82 Å². The fourth-order valence-electron chi connectivity index (χ4n) is 2.00. The van der Waals surface area contributed by atoms with Crippen LogP contribution in [0.2, 0.25) is 0 Å². The zero-order valence-corrected chi connectivity index (χ0v) is 8.48. The number of rotatable bonds is 2. The third-order valence-electron chi connectivity index (χ3n) is 2.92. The van der Waals surface area contributed by atoms with Crippen LogP contribution in [0.1, 0.15) is 30.9 Å². The van der Waals surface area contributed by atoms with Crippen LogP contribution in [-0.4, -0.2) is 21.3 Å². The number of aromatic nitrogens is 2. The monoisotopic (exact) mass is 195 g/mol. The predicted octanol–water partition coefficient (Wildman–Crippen LogP) is 0.457. The SMILES string of the molecule is CC1CCn2c(C(N)CO)cnc2C1. The first-order chi connectivity index (χ1) is 6.72. The Kier molecular flexibility index (Phi) is 2.56. The molecule has 0 aliphatic carbocycles. The van der Waals surface area contributed by atoms with E-state index in [-0.39, 0.29) is 12.6 Å². The van der Waals surface area contributed by atoms with Crippen LogP contribution in [0, 0.1) is 5.92 Å². The molecule has 0 bridgehead atoms. The van der Waals surface area contributed by atoms with Gasteiger partial charge in [-0.1, -0.05) is 6.92 Å². The molecular weight excluding hydrogens is 178 g/mol. The fraction of sp³-hybridized carbons (Fsp3) is 0.700. The first-order valence-electron chi connectivity index (χ1n) is 5.13.